The highest BCUT2D eigenvalue weighted by Gasteiger charge is 2.40. The molecule has 188 valence electrons. The van der Waals surface area contributed by atoms with Gasteiger partial charge in [0.25, 0.3) is 10.1 Å². The molecule has 1 aliphatic carbocycles. The first-order valence-corrected chi connectivity index (χ1v) is 13.5. The molecular formula is C27H29N3O5S. The number of ether oxygens (including phenoxy) is 2. The lowest BCUT2D eigenvalue weighted by Gasteiger charge is -2.38. The molecule has 3 atom stereocenters. The monoisotopic (exact) mass is 507 g/mol. The summed E-state index contributed by atoms with van der Waals surface area (Å²) in [7, 11) is -2.27. The number of methoxy groups -OCH3 is 1. The Bertz CT molecular complexity index is 1370. The molecular weight excluding hydrogens is 478 g/mol. The second-order valence-electron chi connectivity index (χ2n) is 9.06. The predicted molar refractivity (Wildman–Crippen MR) is 135 cm³/mol. The average molecular weight is 508 g/mol. The summed E-state index contributed by atoms with van der Waals surface area (Å²) in [6, 6.07) is 10.6. The Morgan fingerprint density at radius 3 is 2.56 bits per heavy atom. The predicted octanol–water partition coefficient (Wildman–Crippen LogP) is 4.45. The SMILES string of the molecule is CCOc1cc2c(cc1OC)C(c1cnccn1)=N[C@@H]1CC[C@@H](OS(=O)(=O)c3ccc(C)cc3)C[C@H]21. The Hall–Kier alpha value is -3.30. The summed E-state index contributed by atoms with van der Waals surface area (Å²) < 4.78 is 43.2. The fourth-order valence-corrected chi connectivity index (χ4v) is 6.12. The number of aromatic nitrogens is 2. The molecule has 1 saturated carbocycles. The maximum Gasteiger partial charge on any atom is 0.297 e. The van der Waals surface area contributed by atoms with Crippen molar-refractivity contribution < 1.29 is 22.1 Å². The van der Waals surface area contributed by atoms with Crippen LogP contribution in [0.25, 0.3) is 0 Å². The second kappa shape index (κ2) is 9.99. The molecule has 1 aromatic heterocycles. The molecule has 0 amide bonds. The molecule has 0 bridgehead atoms. The zero-order valence-corrected chi connectivity index (χ0v) is 21.4. The van der Waals surface area contributed by atoms with Gasteiger partial charge in [0.05, 0.1) is 42.7 Å². The first-order chi connectivity index (χ1) is 17.4. The summed E-state index contributed by atoms with van der Waals surface area (Å²) in [5.74, 6) is 1.22. The van der Waals surface area contributed by atoms with Crippen LogP contribution in [0.2, 0.25) is 0 Å². The van der Waals surface area contributed by atoms with Crippen LogP contribution in [-0.4, -0.2) is 50.0 Å². The van der Waals surface area contributed by atoms with Crippen molar-refractivity contribution in [1.29, 1.82) is 0 Å². The molecule has 0 N–H and O–H groups in total. The average Bonchev–Trinajstić information content (AvgIpc) is 2.88. The van der Waals surface area contributed by atoms with Gasteiger partial charge in [-0.1, -0.05) is 17.7 Å². The van der Waals surface area contributed by atoms with Gasteiger partial charge in [-0.15, -0.1) is 0 Å². The third-order valence-corrected chi connectivity index (χ3v) is 8.10. The van der Waals surface area contributed by atoms with Gasteiger partial charge in [0, 0.05) is 23.9 Å². The van der Waals surface area contributed by atoms with Crippen LogP contribution in [0, 0.1) is 6.92 Å². The van der Waals surface area contributed by atoms with Gasteiger partial charge in [-0.25, -0.2) is 0 Å². The number of hydrogen-bond donors (Lipinski definition) is 0. The fraction of sp³-hybridized carbons (Fsp3) is 0.370. The Kier molecular flexibility index (Phi) is 6.77. The van der Waals surface area contributed by atoms with E-state index in [0.717, 1.165) is 22.4 Å². The molecule has 9 heteroatoms. The highest BCUT2D eigenvalue weighted by atomic mass is 32.2. The van der Waals surface area contributed by atoms with E-state index >= 15 is 0 Å². The Balaban J connectivity index is 1.50. The van der Waals surface area contributed by atoms with E-state index in [0.29, 0.717) is 43.1 Å². The van der Waals surface area contributed by atoms with Crippen molar-refractivity contribution in [2.24, 2.45) is 4.99 Å². The summed E-state index contributed by atoms with van der Waals surface area (Å²) in [4.78, 5) is 14.0. The minimum absolute atomic E-state index is 0.0284. The Labute approximate surface area is 211 Å². The molecule has 1 fully saturated rings. The summed E-state index contributed by atoms with van der Waals surface area (Å²) >= 11 is 0. The molecule has 2 aromatic carbocycles. The number of fused-ring (bicyclic) bond motifs is 3. The molecule has 36 heavy (non-hydrogen) atoms. The van der Waals surface area contributed by atoms with Crippen molar-refractivity contribution in [1.82, 2.24) is 9.97 Å². The highest BCUT2D eigenvalue weighted by Crippen LogP contribution is 2.45. The van der Waals surface area contributed by atoms with Crippen LogP contribution >= 0.6 is 0 Å². The van der Waals surface area contributed by atoms with Crippen LogP contribution in [0.4, 0.5) is 0 Å². The first-order valence-electron chi connectivity index (χ1n) is 12.1. The van der Waals surface area contributed by atoms with Gasteiger partial charge in [0.1, 0.15) is 5.69 Å². The number of hydrogen-bond acceptors (Lipinski definition) is 8. The largest absolute Gasteiger partial charge is 0.493 e. The molecule has 5 rings (SSSR count). The van der Waals surface area contributed by atoms with Gasteiger partial charge >= 0.3 is 0 Å². The molecule has 1 aliphatic heterocycles. The van der Waals surface area contributed by atoms with E-state index in [1.165, 1.54) is 0 Å². The molecule has 0 saturated heterocycles. The number of aliphatic imine (C=N–C) groups is 1. The van der Waals surface area contributed by atoms with Crippen molar-refractivity contribution >= 4 is 15.8 Å². The van der Waals surface area contributed by atoms with E-state index < -0.39 is 16.2 Å². The Morgan fingerprint density at radius 1 is 1.06 bits per heavy atom. The molecule has 0 unspecified atom stereocenters. The number of benzene rings is 2. The lowest BCUT2D eigenvalue weighted by atomic mass is 9.74. The van der Waals surface area contributed by atoms with E-state index in [1.54, 1.807) is 50.0 Å². The van der Waals surface area contributed by atoms with E-state index in [-0.39, 0.29) is 16.9 Å². The van der Waals surface area contributed by atoms with Crippen LogP contribution in [0.1, 0.15) is 54.5 Å². The van der Waals surface area contributed by atoms with Gasteiger partial charge in [-0.2, -0.15) is 8.42 Å². The van der Waals surface area contributed by atoms with Crippen molar-refractivity contribution in [3.63, 3.8) is 0 Å². The number of nitrogens with zero attached hydrogens (tertiary/aromatic N) is 3. The van der Waals surface area contributed by atoms with E-state index in [1.807, 2.05) is 26.0 Å². The number of rotatable bonds is 7. The normalized spacial score (nSPS) is 21.2. The van der Waals surface area contributed by atoms with Crippen molar-refractivity contribution in [2.45, 2.75) is 56.1 Å². The van der Waals surface area contributed by atoms with Gasteiger partial charge in [0.15, 0.2) is 11.5 Å². The topological polar surface area (TPSA) is 100.0 Å². The van der Waals surface area contributed by atoms with Crippen molar-refractivity contribution in [2.75, 3.05) is 13.7 Å². The maximum atomic E-state index is 13.0. The zero-order valence-electron chi connectivity index (χ0n) is 20.5. The summed E-state index contributed by atoms with van der Waals surface area (Å²) in [5, 5.41) is 0. The van der Waals surface area contributed by atoms with Gasteiger partial charge in [-0.3, -0.25) is 19.1 Å². The van der Waals surface area contributed by atoms with Crippen LogP contribution in [0.3, 0.4) is 0 Å². The molecule has 8 nitrogen and oxygen atoms in total. The smallest absolute Gasteiger partial charge is 0.297 e. The third kappa shape index (κ3) is 4.73. The zero-order chi connectivity index (χ0) is 25.3. The van der Waals surface area contributed by atoms with Crippen LogP contribution < -0.4 is 9.47 Å². The van der Waals surface area contributed by atoms with Gasteiger partial charge in [-0.05, 0) is 62.9 Å². The van der Waals surface area contributed by atoms with E-state index in [9.17, 15) is 8.42 Å². The third-order valence-electron chi connectivity index (χ3n) is 6.73. The van der Waals surface area contributed by atoms with Crippen LogP contribution in [-0.2, 0) is 14.3 Å². The van der Waals surface area contributed by atoms with Crippen molar-refractivity contribution in [3.05, 3.63) is 77.4 Å². The molecule has 0 radical (unpaired) electrons. The summed E-state index contributed by atoms with van der Waals surface area (Å²) in [6.45, 7) is 4.34. The number of aryl methyl sites for hydroxylation is 1. The lowest BCUT2D eigenvalue weighted by Crippen LogP contribution is -2.36. The molecule has 2 heterocycles. The highest BCUT2D eigenvalue weighted by molar-refractivity contribution is 7.86. The summed E-state index contributed by atoms with van der Waals surface area (Å²) in [6.07, 6.45) is 6.34. The van der Waals surface area contributed by atoms with Gasteiger partial charge < -0.3 is 9.47 Å². The summed E-state index contributed by atoms with van der Waals surface area (Å²) in [5.41, 5.74) is 4.35. The minimum Gasteiger partial charge on any atom is -0.493 e. The minimum atomic E-state index is -3.87. The fourth-order valence-electron chi connectivity index (χ4n) is 5.01. The second-order valence-corrected chi connectivity index (χ2v) is 10.6. The van der Waals surface area contributed by atoms with Crippen molar-refractivity contribution in [3.8, 4) is 11.5 Å². The standard InChI is InChI=1S/C27H29N3O5S/c1-4-34-26-14-20-21-13-18(35-36(31,32)19-8-5-17(2)6-9-19)7-10-23(21)30-27(22(20)15-25(26)33-3)24-16-28-11-12-29-24/h5-6,8-9,11-12,14-16,18,21,23H,4,7,10,13H2,1-3H3/t18-,21-,23-/m1/s1. The first kappa shape index (κ1) is 24.4. The van der Waals surface area contributed by atoms with Crippen LogP contribution in [0.5, 0.6) is 11.5 Å². The van der Waals surface area contributed by atoms with Crippen LogP contribution in [0.15, 0.2) is 64.9 Å². The van der Waals surface area contributed by atoms with E-state index in [4.69, 9.17) is 18.6 Å². The molecule has 0 spiro atoms. The molecule has 3 aromatic rings. The Morgan fingerprint density at radius 2 is 1.86 bits per heavy atom. The van der Waals surface area contributed by atoms with E-state index in [2.05, 4.69) is 9.97 Å². The van der Waals surface area contributed by atoms with Gasteiger partial charge in [0.2, 0.25) is 0 Å². The quantitative estimate of drug-likeness (QED) is 0.436. The maximum absolute atomic E-state index is 13.0. The molecule has 2 aliphatic rings. The lowest BCUT2D eigenvalue weighted by molar-refractivity contribution is 0.140.